The summed E-state index contributed by atoms with van der Waals surface area (Å²) in [5, 5.41) is 14.0. The maximum Gasteiger partial charge on any atom is 0.252 e. The lowest BCUT2D eigenvalue weighted by atomic mass is 9.93. The number of hydrogen-bond donors (Lipinski definition) is 3. The Balaban J connectivity index is 1.62. The monoisotopic (exact) mass is 327 g/mol. The van der Waals surface area contributed by atoms with Crippen LogP contribution < -0.4 is 10.6 Å². The van der Waals surface area contributed by atoms with Gasteiger partial charge in [-0.3, -0.25) is 14.7 Å². The van der Waals surface area contributed by atoms with Gasteiger partial charge in [0.1, 0.15) is 0 Å². The van der Waals surface area contributed by atoms with Gasteiger partial charge < -0.3 is 10.6 Å². The van der Waals surface area contributed by atoms with E-state index in [1.54, 1.807) is 6.07 Å². The first-order valence-corrected chi connectivity index (χ1v) is 8.45. The molecule has 0 unspecified atom stereocenters. The fourth-order valence-electron chi connectivity index (χ4n) is 3.61. The van der Waals surface area contributed by atoms with Gasteiger partial charge in [0.25, 0.3) is 5.91 Å². The molecule has 0 radical (unpaired) electrons. The molecule has 126 valence electrons. The molecule has 7 heteroatoms. The van der Waals surface area contributed by atoms with E-state index in [4.69, 9.17) is 0 Å². The Labute approximate surface area is 139 Å². The van der Waals surface area contributed by atoms with E-state index in [9.17, 15) is 9.59 Å². The molecule has 2 atom stereocenters. The van der Waals surface area contributed by atoms with E-state index in [-0.39, 0.29) is 23.9 Å². The lowest BCUT2D eigenvalue weighted by Gasteiger charge is -2.33. The third-order valence-corrected chi connectivity index (χ3v) is 4.97. The van der Waals surface area contributed by atoms with E-state index in [2.05, 4.69) is 25.8 Å². The number of nitrogens with one attached hydrogen (secondary N) is 3. The predicted octanol–water partition coefficient (Wildman–Crippen LogP) is 1.36. The Hall–Kier alpha value is -2.44. The van der Waals surface area contributed by atoms with Gasteiger partial charge in [0, 0.05) is 17.8 Å². The molecule has 2 fully saturated rings. The molecule has 4 rings (SSSR count). The minimum Gasteiger partial charge on any atom is -0.351 e. The SMILES string of the molecule is Cc1cc(C(=O)N[C@@H]2CCC(=O)N[C@H]2C2CC2)c2c(C)[nH]nc2n1. The minimum absolute atomic E-state index is 0.0153. The van der Waals surface area contributed by atoms with E-state index in [0.29, 0.717) is 30.0 Å². The van der Waals surface area contributed by atoms with E-state index in [0.717, 1.165) is 29.6 Å². The van der Waals surface area contributed by atoms with Crippen molar-refractivity contribution in [1.82, 2.24) is 25.8 Å². The van der Waals surface area contributed by atoms with Crippen LogP contribution in [0.2, 0.25) is 0 Å². The maximum absolute atomic E-state index is 12.9. The molecule has 2 aromatic rings. The zero-order valence-corrected chi connectivity index (χ0v) is 13.8. The number of rotatable bonds is 3. The standard InChI is InChI=1S/C17H21N5O2/c1-8-7-11(14-9(2)21-22-16(14)18-8)17(24)19-12-5-6-13(23)20-15(12)10-3-4-10/h7,10,12,15H,3-6H2,1-2H3,(H,19,24)(H,20,23)(H,18,21,22)/t12-,15+/m1/s1. The summed E-state index contributed by atoms with van der Waals surface area (Å²) in [4.78, 5) is 29.0. The molecule has 1 aliphatic carbocycles. The normalized spacial score (nSPS) is 24.0. The van der Waals surface area contributed by atoms with Gasteiger partial charge in [0.05, 0.1) is 23.0 Å². The van der Waals surface area contributed by atoms with Gasteiger partial charge in [-0.25, -0.2) is 4.98 Å². The van der Waals surface area contributed by atoms with Crippen LogP contribution in [0.5, 0.6) is 0 Å². The van der Waals surface area contributed by atoms with Gasteiger partial charge in [0.2, 0.25) is 5.91 Å². The minimum atomic E-state index is -0.123. The quantitative estimate of drug-likeness (QED) is 0.792. The maximum atomic E-state index is 12.9. The topological polar surface area (TPSA) is 99.8 Å². The first-order valence-electron chi connectivity index (χ1n) is 8.45. The number of piperidine rings is 1. The second-order valence-corrected chi connectivity index (χ2v) is 6.91. The van der Waals surface area contributed by atoms with Crippen molar-refractivity contribution in [2.75, 3.05) is 0 Å². The number of aromatic amines is 1. The highest BCUT2D eigenvalue weighted by Crippen LogP contribution is 2.36. The number of pyridine rings is 1. The molecule has 1 aliphatic heterocycles. The lowest BCUT2D eigenvalue weighted by molar-refractivity contribution is -0.124. The van der Waals surface area contributed by atoms with Gasteiger partial charge in [-0.1, -0.05) is 0 Å². The summed E-state index contributed by atoms with van der Waals surface area (Å²) in [7, 11) is 0. The highest BCUT2D eigenvalue weighted by atomic mass is 16.2. The van der Waals surface area contributed by atoms with E-state index >= 15 is 0 Å². The molecule has 2 amide bonds. The van der Waals surface area contributed by atoms with Crippen molar-refractivity contribution >= 4 is 22.8 Å². The van der Waals surface area contributed by atoms with E-state index < -0.39 is 0 Å². The van der Waals surface area contributed by atoms with E-state index in [1.165, 1.54) is 0 Å². The molecule has 1 saturated carbocycles. The molecule has 0 aromatic carbocycles. The van der Waals surface area contributed by atoms with Crippen molar-refractivity contribution in [2.24, 2.45) is 5.92 Å². The average molecular weight is 327 g/mol. The Morgan fingerprint density at radius 1 is 1.29 bits per heavy atom. The van der Waals surface area contributed by atoms with Crippen LogP contribution in [0, 0.1) is 19.8 Å². The van der Waals surface area contributed by atoms with Gasteiger partial charge >= 0.3 is 0 Å². The average Bonchev–Trinajstić information content (AvgIpc) is 3.32. The number of aryl methyl sites for hydroxylation is 2. The summed E-state index contributed by atoms with van der Waals surface area (Å²) in [6.45, 7) is 3.74. The third kappa shape index (κ3) is 2.64. The van der Waals surface area contributed by atoms with Gasteiger partial charge in [-0.05, 0) is 45.1 Å². The van der Waals surface area contributed by atoms with Crippen molar-refractivity contribution in [3.05, 3.63) is 23.0 Å². The van der Waals surface area contributed by atoms with Gasteiger partial charge in [0.15, 0.2) is 5.65 Å². The number of amides is 2. The van der Waals surface area contributed by atoms with Crippen LogP contribution in [0.15, 0.2) is 6.07 Å². The zero-order chi connectivity index (χ0) is 16.8. The van der Waals surface area contributed by atoms with Crippen LogP contribution in [-0.4, -0.2) is 39.1 Å². The summed E-state index contributed by atoms with van der Waals surface area (Å²) in [6.07, 6.45) is 3.40. The van der Waals surface area contributed by atoms with Crippen LogP contribution in [0.3, 0.4) is 0 Å². The van der Waals surface area contributed by atoms with Crippen molar-refractivity contribution in [1.29, 1.82) is 0 Å². The molecule has 3 N–H and O–H groups in total. The Bertz CT molecular complexity index is 824. The number of nitrogens with zero attached hydrogens (tertiary/aromatic N) is 2. The van der Waals surface area contributed by atoms with Gasteiger partial charge in [-0.2, -0.15) is 5.10 Å². The number of carbonyl (C=O) groups excluding carboxylic acids is 2. The molecule has 2 aliphatic rings. The van der Waals surface area contributed by atoms with Crippen molar-refractivity contribution in [3.63, 3.8) is 0 Å². The van der Waals surface area contributed by atoms with Crippen LogP contribution >= 0.6 is 0 Å². The summed E-state index contributed by atoms with van der Waals surface area (Å²) in [5.74, 6) is 0.460. The highest BCUT2D eigenvalue weighted by Gasteiger charge is 2.40. The fourth-order valence-corrected chi connectivity index (χ4v) is 3.61. The van der Waals surface area contributed by atoms with Crippen LogP contribution in [0.1, 0.15) is 47.4 Å². The summed E-state index contributed by atoms with van der Waals surface area (Å²) >= 11 is 0. The van der Waals surface area contributed by atoms with Crippen molar-refractivity contribution in [3.8, 4) is 0 Å². The van der Waals surface area contributed by atoms with Crippen molar-refractivity contribution < 1.29 is 9.59 Å². The smallest absolute Gasteiger partial charge is 0.252 e. The summed E-state index contributed by atoms with van der Waals surface area (Å²) in [6, 6.07) is 1.84. The summed E-state index contributed by atoms with van der Waals surface area (Å²) in [5.41, 5.74) is 2.75. The highest BCUT2D eigenvalue weighted by molar-refractivity contribution is 6.06. The fraction of sp³-hybridized carbons (Fsp3) is 0.529. The molecule has 2 aromatic heterocycles. The van der Waals surface area contributed by atoms with Crippen LogP contribution in [0.4, 0.5) is 0 Å². The lowest BCUT2D eigenvalue weighted by Crippen LogP contribution is -2.56. The van der Waals surface area contributed by atoms with Crippen LogP contribution in [-0.2, 0) is 4.79 Å². The number of hydrogen-bond acceptors (Lipinski definition) is 4. The molecular weight excluding hydrogens is 306 g/mol. The van der Waals surface area contributed by atoms with Crippen LogP contribution in [0.25, 0.3) is 11.0 Å². The third-order valence-electron chi connectivity index (χ3n) is 4.97. The van der Waals surface area contributed by atoms with Crippen molar-refractivity contribution in [2.45, 2.75) is 51.6 Å². The Kier molecular flexibility index (Phi) is 3.51. The summed E-state index contributed by atoms with van der Waals surface area (Å²) < 4.78 is 0. The molecular formula is C17H21N5O2. The number of fused-ring (bicyclic) bond motifs is 1. The first-order chi connectivity index (χ1) is 11.5. The zero-order valence-electron chi connectivity index (χ0n) is 13.8. The molecule has 1 saturated heterocycles. The largest absolute Gasteiger partial charge is 0.351 e. The molecule has 3 heterocycles. The molecule has 0 bridgehead atoms. The first kappa shape index (κ1) is 15.1. The number of carbonyl (C=O) groups is 2. The van der Waals surface area contributed by atoms with Gasteiger partial charge in [-0.15, -0.1) is 0 Å². The Morgan fingerprint density at radius 3 is 2.83 bits per heavy atom. The molecule has 24 heavy (non-hydrogen) atoms. The number of H-pyrrole nitrogens is 1. The Morgan fingerprint density at radius 2 is 2.08 bits per heavy atom. The molecule has 7 nitrogen and oxygen atoms in total. The van der Waals surface area contributed by atoms with E-state index in [1.807, 2.05) is 13.8 Å². The second-order valence-electron chi connectivity index (χ2n) is 6.91. The second kappa shape index (κ2) is 5.58. The predicted molar refractivity (Wildman–Crippen MR) is 88.5 cm³/mol. The molecule has 0 spiro atoms. The number of aromatic nitrogens is 3.